The van der Waals surface area contributed by atoms with Crippen molar-refractivity contribution in [2.75, 3.05) is 32.2 Å². The van der Waals surface area contributed by atoms with E-state index in [-0.39, 0.29) is 29.6 Å². The fourth-order valence-corrected chi connectivity index (χ4v) is 4.22. The van der Waals surface area contributed by atoms with Crippen LogP contribution in [0.15, 0.2) is 48.5 Å². The van der Waals surface area contributed by atoms with E-state index in [1.165, 1.54) is 7.11 Å². The molecule has 2 aromatic rings. The van der Waals surface area contributed by atoms with Crippen molar-refractivity contribution < 1.29 is 56.8 Å². The molecule has 1 saturated heterocycles. The number of nitrogens with one attached hydrogen (secondary N) is 1. The molecule has 0 spiro atoms. The standard InChI is InChI=1S/C20H24N2O6S.Na/c1-27-16-7-5-6-15(14-16)20(19(23)21-29(24,25)26)10-12-22(13-11-20)17-8-3-4-9-18(17)28-2;/h3-9,14H,10-13H2,1-2H3,(H,21,23)(H,24,25,26);/q;+1/p-1. The van der Waals surface area contributed by atoms with Crippen LogP contribution in [0.2, 0.25) is 0 Å². The minimum absolute atomic E-state index is 0. The van der Waals surface area contributed by atoms with E-state index in [1.54, 1.807) is 36.1 Å². The Balaban J connectivity index is 0.00000320. The predicted octanol–water partition coefficient (Wildman–Crippen LogP) is -1.18. The Bertz CT molecular complexity index is 990. The molecule has 0 aliphatic carbocycles. The van der Waals surface area contributed by atoms with Crippen molar-refractivity contribution in [3.05, 3.63) is 54.1 Å². The third kappa shape index (κ3) is 5.28. The van der Waals surface area contributed by atoms with Gasteiger partial charge in [-0.3, -0.25) is 9.52 Å². The average molecular weight is 442 g/mol. The van der Waals surface area contributed by atoms with E-state index in [1.807, 2.05) is 24.3 Å². The normalized spacial score (nSPS) is 15.6. The van der Waals surface area contributed by atoms with Crippen LogP contribution in [0.1, 0.15) is 18.4 Å². The summed E-state index contributed by atoms with van der Waals surface area (Å²) in [5, 5.41) is 0. The van der Waals surface area contributed by atoms with Crippen molar-refractivity contribution in [1.82, 2.24) is 4.72 Å². The van der Waals surface area contributed by atoms with Crippen LogP contribution in [0, 0.1) is 0 Å². The van der Waals surface area contributed by atoms with Gasteiger partial charge in [-0.25, -0.2) is 8.42 Å². The number of methoxy groups -OCH3 is 2. The Labute approximate surface area is 198 Å². The van der Waals surface area contributed by atoms with E-state index >= 15 is 0 Å². The Morgan fingerprint density at radius 2 is 1.73 bits per heavy atom. The van der Waals surface area contributed by atoms with Crippen molar-refractivity contribution in [2.24, 2.45) is 0 Å². The Hall–Kier alpha value is -1.78. The number of piperidine rings is 1. The van der Waals surface area contributed by atoms with Crippen molar-refractivity contribution in [3.8, 4) is 11.5 Å². The number of carbonyl (C=O) groups excluding carboxylic acids is 1. The summed E-state index contributed by atoms with van der Waals surface area (Å²) in [6.07, 6.45) is 0.638. The maximum Gasteiger partial charge on any atom is 1.00 e. The van der Waals surface area contributed by atoms with Gasteiger partial charge in [0.05, 0.1) is 25.3 Å². The first-order chi connectivity index (χ1) is 13.8. The SMILES string of the molecule is COc1cccc(C2(C(=O)NS(=O)(=O)[O-])CCN(c3ccccc3OC)CC2)c1.[Na+]. The fourth-order valence-electron chi connectivity index (χ4n) is 3.80. The second-order valence-electron chi connectivity index (χ2n) is 6.86. The number of carbonyl (C=O) groups is 1. The molecular weight excluding hydrogens is 419 g/mol. The molecular formula is C20H23N2NaO6S. The minimum atomic E-state index is -4.93. The fraction of sp³-hybridized carbons (Fsp3) is 0.350. The number of amides is 1. The van der Waals surface area contributed by atoms with Gasteiger partial charge in [0, 0.05) is 13.1 Å². The third-order valence-corrected chi connectivity index (χ3v) is 5.75. The molecule has 1 aliphatic rings. The van der Waals surface area contributed by atoms with Gasteiger partial charge in [-0.15, -0.1) is 0 Å². The van der Waals surface area contributed by atoms with E-state index < -0.39 is 21.6 Å². The number of para-hydroxylation sites is 2. The van der Waals surface area contributed by atoms with Gasteiger partial charge in [-0.2, -0.15) is 0 Å². The number of anilines is 1. The molecule has 0 bridgehead atoms. The molecule has 1 heterocycles. The van der Waals surface area contributed by atoms with Gasteiger partial charge >= 0.3 is 29.6 Å². The minimum Gasteiger partial charge on any atom is -0.731 e. The Kier molecular flexibility index (Phi) is 8.18. The molecule has 0 aromatic heterocycles. The molecule has 0 saturated carbocycles. The van der Waals surface area contributed by atoms with Gasteiger partial charge < -0.3 is 18.9 Å². The predicted molar refractivity (Wildman–Crippen MR) is 107 cm³/mol. The number of rotatable bonds is 6. The zero-order valence-corrected chi connectivity index (χ0v) is 20.1. The van der Waals surface area contributed by atoms with Crippen molar-refractivity contribution in [2.45, 2.75) is 18.3 Å². The van der Waals surface area contributed by atoms with E-state index in [9.17, 15) is 17.8 Å². The smallest absolute Gasteiger partial charge is 0.731 e. The van der Waals surface area contributed by atoms with Crippen LogP contribution in [-0.2, 0) is 20.5 Å². The average Bonchev–Trinajstić information content (AvgIpc) is 2.72. The molecule has 0 unspecified atom stereocenters. The first-order valence-corrected chi connectivity index (χ1v) is 10.5. The number of ether oxygens (including phenoxy) is 2. The van der Waals surface area contributed by atoms with Crippen LogP contribution in [0.25, 0.3) is 0 Å². The van der Waals surface area contributed by atoms with Crippen LogP contribution in [0.5, 0.6) is 11.5 Å². The van der Waals surface area contributed by atoms with E-state index in [4.69, 9.17) is 9.47 Å². The number of hydrogen-bond donors (Lipinski definition) is 1. The summed E-state index contributed by atoms with van der Waals surface area (Å²) >= 11 is 0. The van der Waals surface area contributed by atoms with Crippen LogP contribution >= 0.6 is 0 Å². The molecule has 1 amide bonds. The van der Waals surface area contributed by atoms with Gasteiger partial charge in [-0.05, 0) is 42.7 Å². The topological polar surface area (TPSA) is 108 Å². The van der Waals surface area contributed by atoms with Gasteiger partial charge in [0.2, 0.25) is 5.91 Å². The van der Waals surface area contributed by atoms with Gasteiger partial charge in [0.15, 0.2) is 10.3 Å². The Morgan fingerprint density at radius 1 is 1.07 bits per heavy atom. The maximum atomic E-state index is 12.9. The molecule has 2 aromatic carbocycles. The molecule has 3 rings (SSSR count). The maximum absolute atomic E-state index is 12.9. The summed E-state index contributed by atoms with van der Waals surface area (Å²) in [5.41, 5.74) is 0.341. The van der Waals surface area contributed by atoms with Crippen LogP contribution in [-0.4, -0.2) is 46.2 Å². The van der Waals surface area contributed by atoms with E-state index in [0.29, 0.717) is 43.0 Å². The zero-order valence-electron chi connectivity index (χ0n) is 17.3. The van der Waals surface area contributed by atoms with Gasteiger partial charge in [0.1, 0.15) is 11.5 Å². The molecule has 1 N–H and O–H groups in total. The van der Waals surface area contributed by atoms with Crippen molar-refractivity contribution in [1.29, 1.82) is 0 Å². The summed E-state index contributed by atoms with van der Waals surface area (Å²) in [6, 6.07) is 14.5. The molecule has 0 radical (unpaired) electrons. The van der Waals surface area contributed by atoms with Crippen LogP contribution < -0.4 is 48.7 Å². The number of benzene rings is 2. The van der Waals surface area contributed by atoms with Crippen LogP contribution in [0.4, 0.5) is 5.69 Å². The van der Waals surface area contributed by atoms with Gasteiger partial charge in [-0.1, -0.05) is 24.3 Å². The monoisotopic (exact) mass is 442 g/mol. The number of nitrogens with zero attached hydrogens (tertiary/aromatic N) is 1. The van der Waals surface area contributed by atoms with E-state index in [0.717, 1.165) is 5.69 Å². The third-order valence-electron chi connectivity index (χ3n) is 5.32. The summed E-state index contributed by atoms with van der Waals surface area (Å²) in [5.74, 6) is 0.445. The summed E-state index contributed by atoms with van der Waals surface area (Å²) in [7, 11) is -1.82. The molecule has 156 valence electrons. The van der Waals surface area contributed by atoms with E-state index in [2.05, 4.69) is 4.90 Å². The second kappa shape index (κ2) is 10.0. The summed E-state index contributed by atoms with van der Waals surface area (Å²) in [4.78, 5) is 15.0. The largest absolute Gasteiger partial charge is 1.00 e. The zero-order chi connectivity index (χ0) is 21.1. The summed E-state index contributed by atoms with van der Waals surface area (Å²) in [6.45, 7) is 0.952. The quantitative estimate of drug-likeness (QED) is 0.443. The molecule has 10 heteroatoms. The van der Waals surface area contributed by atoms with Crippen molar-refractivity contribution in [3.63, 3.8) is 0 Å². The summed E-state index contributed by atoms with van der Waals surface area (Å²) < 4.78 is 45.9. The first kappa shape index (κ1) is 24.5. The molecule has 0 atom stereocenters. The molecule has 30 heavy (non-hydrogen) atoms. The molecule has 1 aliphatic heterocycles. The van der Waals surface area contributed by atoms with Crippen LogP contribution in [0.3, 0.4) is 0 Å². The Morgan fingerprint density at radius 3 is 2.33 bits per heavy atom. The number of hydrogen-bond acceptors (Lipinski definition) is 7. The molecule has 1 fully saturated rings. The first-order valence-electron chi connectivity index (χ1n) is 9.09. The van der Waals surface area contributed by atoms with Gasteiger partial charge in [0.25, 0.3) is 0 Å². The second-order valence-corrected chi connectivity index (χ2v) is 7.97. The molecule has 8 nitrogen and oxygen atoms in total. The van der Waals surface area contributed by atoms with Crippen molar-refractivity contribution >= 4 is 21.9 Å².